The lowest BCUT2D eigenvalue weighted by molar-refractivity contribution is 0.310. The summed E-state index contributed by atoms with van der Waals surface area (Å²) in [6.45, 7) is 3.46. The molecule has 7 heteroatoms. The second kappa shape index (κ2) is 7.27. The predicted molar refractivity (Wildman–Crippen MR) is 93.2 cm³/mol. The molecule has 1 aromatic carbocycles. The summed E-state index contributed by atoms with van der Waals surface area (Å²) in [6.07, 6.45) is 2.46. The van der Waals surface area contributed by atoms with Gasteiger partial charge in [0.1, 0.15) is 0 Å². The number of benzene rings is 1. The maximum absolute atomic E-state index is 12.9. The van der Waals surface area contributed by atoms with Crippen LogP contribution in [0.15, 0.2) is 41.5 Å². The monoisotopic (exact) mass is 327 g/mol. The number of nitrogens with zero attached hydrogens (tertiary/aromatic N) is 4. The fourth-order valence-corrected chi connectivity index (χ4v) is 2.69. The average molecular weight is 327 g/mol. The molecule has 0 radical (unpaired) electrons. The van der Waals surface area contributed by atoms with Crippen molar-refractivity contribution in [2.24, 2.45) is 0 Å². The van der Waals surface area contributed by atoms with Crippen LogP contribution in [-0.2, 0) is 13.1 Å². The molecule has 2 heterocycles. The smallest absolute Gasteiger partial charge is 0.281 e. The number of rotatable bonds is 7. The molecule has 0 fully saturated rings. The summed E-state index contributed by atoms with van der Waals surface area (Å²) in [5.41, 5.74) is 1.90. The first-order valence-corrected chi connectivity index (χ1v) is 8.09. The summed E-state index contributed by atoms with van der Waals surface area (Å²) in [7, 11) is 0. The molecule has 0 unspecified atom stereocenters. The summed E-state index contributed by atoms with van der Waals surface area (Å²) in [5.74, 6) is 0.452. The van der Waals surface area contributed by atoms with E-state index in [0.29, 0.717) is 36.7 Å². The van der Waals surface area contributed by atoms with Crippen LogP contribution in [0, 0.1) is 0 Å². The zero-order valence-electron chi connectivity index (χ0n) is 13.6. The zero-order valence-corrected chi connectivity index (χ0v) is 13.6. The Morgan fingerprint density at radius 3 is 2.75 bits per heavy atom. The van der Waals surface area contributed by atoms with Crippen molar-refractivity contribution in [2.45, 2.75) is 26.4 Å². The van der Waals surface area contributed by atoms with Gasteiger partial charge in [0.05, 0.1) is 12.9 Å². The first-order valence-electron chi connectivity index (χ1n) is 8.09. The molecular weight excluding hydrogens is 306 g/mol. The predicted octanol–water partition coefficient (Wildman–Crippen LogP) is 1.46. The van der Waals surface area contributed by atoms with E-state index in [1.165, 1.54) is 0 Å². The highest BCUT2D eigenvalue weighted by atomic mass is 16.3. The van der Waals surface area contributed by atoms with Crippen LogP contribution < -0.4 is 10.9 Å². The van der Waals surface area contributed by atoms with Gasteiger partial charge in [-0.15, -0.1) is 0 Å². The van der Waals surface area contributed by atoms with Crippen molar-refractivity contribution in [1.29, 1.82) is 0 Å². The summed E-state index contributed by atoms with van der Waals surface area (Å²) in [5, 5.41) is 12.0. The zero-order chi connectivity index (χ0) is 16.9. The summed E-state index contributed by atoms with van der Waals surface area (Å²) in [4.78, 5) is 21.7. The number of aromatic nitrogens is 4. The maximum atomic E-state index is 12.9. The van der Waals surface area contributed by atoms with Crippen LogP contribution in [0.4, 0.5) is 5.95 Å². The Morgan fingerprint density at radius 2 is 2.04 bits per heavy atom. The number of aliphatic hydroxyl groups is 1. The SMILES string of the molecule is CCCn1c(NCCO)nc2ncn(Cc3ccccc3)c2c1=O. The molecule has 0 bridgehead atoms. The minimum atomic E-state index is -0.115. The molecule has 0 atom stereocenters. The molecule has 0 saturated heterocycles. The number of fused-ring (bicyclic) bond motifs is 1. The molecule has 0 amide bonds. The minimum Gasteiger partial charge on any atom is -0.395 e. The van der Waals surface area contributed by atoms with Crippen molar-refractivity contribution in [2.75, 3.05) is 18.5 Å². The van der Waals surface area contributed by atoms with Crippen molar-refractivity contribution >= 4 is 17.1 Å². The molecular formula is C17H21N5O2. The van der Waals surface area contributed by atoms with Crippen LogP contribution in [0.25, 0.3) is 11.2 Å². The molecule has 2 N–H and O–H groups in total. The van der Waals surface area contributed by atoms with E-state index in [9.17, 15) is 4.79 Å². The van der Waals surface area contributed by atoms with Crippen molar-refractivity contribution < 1.29 is 5.11 Å². The Hall–Kier alpha value is -2.67. The van der Waals surface area contributed by atoms with Gasteiger partial charge in [-0.25, -0.2) is 4.98 Å². The van der Waals surface area contributed by atoms with Crippen molar-refractivity contribution in [1.82, 2.24) is 19.1 Å². The standard InChI is InChI=1S/C17H21N5O2/c1-2-9-22-16(24)14-15(20-17(22)18-8-10-23)19-12-21(14)11-13-6-4-3-5-7-13/h3-7,12,23H,2,8-11H2,1H3,(H,18,20). The van der Waals surface area contributed by atoms with Gasteiger partial charge >= 0.3 is 0 Å². The van der Waals surface area contributed by atoms with E-state index in [1.807, 2.05) is 41.8 Å². The summed E-state index contributed by atoms with van der Waals surface area (Å²) in [6, 6.07) is 9.93. The third-order valence-corrected chi connectivity index (χ3v) is 3.77. The van der Waals surface area contributed by atoms with Crippen molar-refractivity contribution in [3.8, 4) is 0 Å². The Kier molecular flexibility index (Phi) is 4.90. The summed E-state index contributed by atoms with van der Waals surface area (Å²) >= 11 is 0. The number of anilines is 1. The minimum absolute atomic E-state index is 0.0253. The fourth-order valence-electron chi connectivity index (χ4n) is 2.69. The number of hydrogen-bond donors (Lipinski definition) is 2. The Labute approximate surface area is 139 Å². The van der Waals surface area contributed by atoms with Gasteiger partial charge < -0.3 is 15.0 Å². The molecule has 24 heavy (non-hydrogen) atoms. The van der Waals surface area contributed by atoms with Gasteiger partial charge in [-0.1, -0.05) is 37.3 Å². The van der Waals surface area contributed by atoms with E-state index < -0.39 is 0 Å². The third-order valence-electron chi connectivity index (χ3n) is 3.77. The van der Waals surface area contributed by atoms with Gasteiger partial charge in [0.2, 0.25) is 5.95 Å². The van der Waals surface area contributed by atoms with Crippen LogP contribution >= 0.6 is 0 Å². The maximum Gasteiger partial charge on any atom is 0.281 e. The van der Waals surface area contributed by atoms with Gasteiger partial charge in [-0.2, -0.15) is 4.98 Å². The Balaban J connectivity index is 2.07. The molecule has 2 aromatic heterocycles. The number of imidazole rings is 1. The Bertz CT molecular complexity index is 870. The molecule has 7 nitrogen and oxygen atoms in total. The van der Waals surface area contributed by atoms with E-state index in [4.69, 9.17) is 5.11 Å². The third kappa shape index (κ3) is 3.16. The highest BCUT2D eigenvalue weighted by Crippen LogP contribution is 2.13. The first kappa shape index (κ1) is 16.2. The normalized spacial score (nSPS) is 11.1. The Morgan fingerprint density at radius 1 is 1.25 bits per heavy atom. The lowest BCUT2D eigenvalue weighted by Gasteiger charge is -2.13. The molecule has 0 spiro atoms. The first-order chi connectivity index (χ1) is 11.7. The number of aliphatic hydroxyl groups excluding tert-OH is 1. The number of nitrogens with one attached hydrogen (secondary N) is 1. The number of hydrogen-bond acceptors (Lipinski definition) is 5. The lowest BCUT2D eigenvalue weighted by Crippen LogP contribution is -2.27. The van der Waals surface area contributed by atoms with Crippen molar-refractivity contribution in [3.63, 3.8) is 0 Å². The van der Waals surface area contributed by atoms with Gasteiger partial charge in [0.25, 0.3) is 5.56 Å². The van der Waals surface area contributed by atoms with E-state index in [0.717, 1.165) is 12.0 Å². The second-order valence-electron chi connectivity index (χ2n) is 5.57. The van der Waals surface area contributed by atoms with Gasteiger partial charge in [0.15, 0.2) is 11.2 Å². The quantitative estimate of drug-likeness (QED) is 0.686. The molecule has 0 aliphatic rings. The fraction of sp³-hybridized carbons (Fsp3) is 0.353. The second-order valence-corrected chi connectivity index (χ2v) is 5.57. The molecule has 3 rings (SSSR count). The van der Waals surface area contributed by atoms with Gasteiger partial charge in [0, 0.05) is 19.6 Å². The van der Waals surface area contributed by atoms with E-state index in [-0.39, 0.29) is 12.2 Å². The highest BCUT2D eigenvalue weighted by Gasteiger charge is 2.15. The highest BCUT2D eigenvalue weighted by molar-refractivity contribution is 5.71. The molecule has 126 valence electrons. The van der Waals surface area contributed by atoms with Crippen LogP contribution in [0.1, 0.15) is 18.9 Å². The lowest BCUT2D eigenvalue weighted by atomic mass is 10.2. The topological polar surface area (TPSA) is 85.0 Å². The van der Waals surface area contributed by atoms with E-state index in [2.05, 4.69) is 15.3 Å². The molecule has 0 aliphatic heterocycles. The molecule has 0 saturated carbocycles. The van der Waals surface area contributed by atoms with Crippen LogP contribution in [0.3, 0.4) is 0 Å². The van der Waals surface area contributed by atoms with Gasteiger partial charge in [-0.05, 0) is 12.0 Å². The average Bonchev–Trinajstić information content (AvgIpc) is 2.99. The van der Waals surface area contributed by atoms with Crippen molar-refractivity contribution in [3.05, 3.63) is 52.6 Å². The molecule has 0 aliphatic carbocycles. The van der Waals surface area contributed by atoms with Crippen LogP contribution in [-0.4, -0.2) is 37.4 Å². The van der Waals surface area contributed by atoms with Crippen LogP contribution in [0.2, 0.25) is 0 Å². The molecule has 3 aromatic rings. The van der Waals surface area contributed by atoms with E-state index >= 15 is 0 Å². The van der Waals surface area contributed by atoms with Crippen LogP contribution in [0.5, 0.6) is 0 Å². The van der Waals surface area contributed by atoms with E-state index in [1.54, 1.807) is 10.9 Å². The van der Waals surface area contributed by atoms with Gasteiger partial charge in [-0.3, -0.25) is 9.36 Å². The largest absolute Gasteiger partial charge is 0.395 e. The summed E-state index contributed by atoms with van der Waals surface area (Å²) < 4.78 is 3.45.